The Balaban J connectivity index is 1.88. The molecule has 3 rings (SSSR count). The Bertz CT molecular complexity index is 549. The number of benzene rings is 1. The lowest BCUT2D eigenvalue weighted by molar-refractivity contribution is -0.162. The number of hydrogen-bond donors (Lipinski definition) is 1. The van der Waals surface area contributed by atoms with E-state index < -0.39 is 30.3 Å². The zero-order valence-corrected chi connectivity index (χ0v) is 11.7. The molecule has 21 heavy (non-hydrogen) atoms. The van der Waals surface area contributed by atoms with Gasteiger partial charge in [-0.05, 0) is 30.4 Å². The van der Waals surface area contributed by atoms with E-state index in [-0.39, 0.29) is 0 Å². The van der Waals surface area contributed by atoms with Gasteiger partial charge in [-0.3, -0.25) is 10.1 Å². The summed E-state index contributed by atoms with van der Waals surface area (Å²) >= 11 is 0. The Kier molecular flexibility index (Phi) is 3.24. The Hall–Kier alpha value is -1.56. The van der Waals surface area contributed by atoms with Gasteiger partial charge in [-0.15, -0.1) is 0 Å². The maximum Gasteiger partial charge on any atom is 0.406 e. The average Bonchev–Trinajstić information content (AvgIpc) is 3.17. The van der Waals surface area contributed by atoms with E-state index in [9.17, 15) is 18.0 Å². The second-order valence-electron chi connectivity index (χ2n) is 5.77. The van der Waals surface area contributed by atoms with Crippen LogP contribution in [0, 0.1) is 0 Å². The molecule has 2 aliphatic rings. The van der Waals surface area contributed by atoms with Crippen LogP contribution in [0.1, 0.15) is 37.1 Å². The molecule has 1 atom stereocenters. The minimum Gasteiger partial charge on any atom is -0.312 e. The molecule has 1 saturated heterocycles. The van der Waals surface area contributed by atoms with Crippen molar-refractivity contribution >= 4 is 5.91 Å². The van der Waals surface area contributed by atoms with Crippen molar-refractivity contribution < 1.29 is 18.0 Å². The zero-order chi connectivity index (χ0) is 15.3. The number of amides is 1. The van der Waals surface area contributed by atoms with E-state index >= 15 is 0 Å². The molecular formula is C15H17F3N2O. The Morgan fingerprint density at radius 3 is 2.38 bits per heavy atom. The molecule has 1 unspecified atom stereocenters. The highest BCUT2D eigenvalue weighted by molar-refractivity contribution is 5.92. The van der Waals surface area contributed by atoms with E-state index in [0.29, 0.717) is 18.4 Å². The van der Waals surface area contributed by atoms with Crippen LogP contribution in [0.4, 0.5) is 13.2 Å². The summed E-state index contributed by atoms with van der Waals surface area (Å²) < 4.78 is 38.2. The van der Waals surface area contributed by atoms with E-state index in [1.807, 2.05) is 19.1 Å². The molecule has 2 fully saturated rings. The number of hydrogen-bond acceptors (Lipinski definition) is 2. The van der Waals surface area contributed by atoms with Crippen molar-refractivity contribution in [2.24, 2.45) is 0 Å². The highest BCUT2D eigenvalue weighted by Gasteiger charge is 2.60. The van der Waals surface area contributed by atoms with E-state index in [1.54, 1.807) is 12.1 Å². The van der Waals surface area contributed by atoms with Gasteiger partial charge in [-0.1, -0.05) is 31.2 Å². The minimum absolute atomic E-state index is 0.426. The second kappa shape index (κ2) is 4.73. The van der Waals surface area contributed by atoms with Crippen molar-refractivity contribution in [3.63, 3.8) is 0 Å². The number of aryl methyl sites for hydroxylation is 1. The summed E-state index contributed by atoms with van der Waals surface area (Å²) in [5, 5.41) is 3.09. The zero-order valence-electron chi connectivity index (χ0n) is 11.7. The van der Waals surface area contributed by atoms with Crippen LogP contribution in [0.3, 0.4) is 0 Å². The predicted octanol–water partition coefficient (Wildman–Crippen LogP) is 2.77. The van der Waals surface area contributed by atoms with Gasteiger partial charge in [0, 0.05) is 0 Å². The molecule has 1 aliphatic heterocycles. The van der Waals surface area contributed by atoms with Crippen LogP contribution in [-0.4, -0.2) is 29.1 Å². The highest BCUT2D eigenvalue weighted by atomic mass is 19.4. The summed E-state index contributed by atoms with van der Waals surface area (Å²) in [6, 6.07) is 7.39. The van der Waals surface area contributed by atoms with Gasteiger partial charge in [0.25, 0.3) is 0 Å². The van der Waals surface area contributed by atoms with Crippen LogP contribution in [0.2, 0.25) is 0 Å². The summed E-state index contributed by atoms with van der Waals surface area (Å²) in [6.07, 6.45) is -2.98. The molecule has 114 valence electrons. The molecule has 6 heteroatoms. The molecule has 0 aromatic heterocycles. The van der Waals surface area contributed by atoms with Gasteiger partial charge in [0.15, 0.2) is 0 Å². The number of carbonyl (C=O) groups excluding carboxylic acids is 1. The summed E-state index contributed by atoms with van der Waals surface area (Å²) in [4.78, 5) is 13.2. The maximum atomic E-state index is 12.7. The standard InChI is InChI=1S/C15H17F3N2O/c1-2-10-3-5-11(6-4-10)12-19-14(7-8-14)13(21)20(12)9-15(16,17)18/h3-6,12,19H,2,7-9H2,1H3. The first kappa shape index (κ1) is 14.4. The van der Waals surface area contributed by atoms with Gasteiger partial charge in [0.1, 0.15) is 18.2 Å². The fourth-order valence-electron chi connectivity index (χ4n) is 2.83. The van der Waals surface area contributed by atoms with Gasteiger partial charge in [-0.2, -0.15) is 13.2 Å². The molecule has 1 spiro atoms. The second-order valence-corrected chi connectivity index (χ2v) is 5.77. The third-order valence-corrected chi connectivity index (χ3v) is 4.20. The SMILES string of the molecule is CCc1ccc(C2NC3(CC3)C(=O)N2CC(F)(F)F)cc1. The average molecular weight is 298 g/mol. The predicted molar refractivity (Wildman–Crippen MR) is 71.4 cm³/mol. The van der Waals surface area contributed by atoms with Crippen molar-refractivity contribution in [1.82, 2.24) is 10.2 Å². The summed E-state index contributed by atoms with van der Waals surface area (Å²) in [5.74, 6) is -0.426. The first-order chi connectivity index (χ1) is 9.85. The van der Waals surface area contributed by atoms with Crippen molar-refractivity contribution in [2.45, 2.75) is 44.1 Å². The quantitative estimate of drug-likeness (QED) is 0.930. The van der Waals surface area contributed by atoms with Crippen molar-refractivity contribution in [1.29, 1.82) is 0 Å². The van der Waals surface area contributed by atoms with E-state index in [4.69, 9.17) is 0 Å². The van der Waals surface area contributed by atoms with Gasteiger partial charge in [-0.25, -0.2) is 0 Å². The largest absolute Gasteiger partial charge is 0.406 e. The maximum absolute atomic E-state index is 12.7. The van der Waals surface area contributed by atoms with Gasteiger partial charge >= 0.3 is 6.18 Å². The molecule has 1 aromatic carbocycles. The number of carbonyl (C=O) groups is 1. The third kappa shape index (κ3) is 2.64. The summed E-state index contributed by atoms with van der Waals surface area (Å²) in [7, 11) is 0. The molecule has 1 saturated carbocycles. The fraction of sp³-hybridized carbons (Fsp3) is 0.533. The van der Waals surface area contributed by atoms with Crippen LogP contribution in [-0.2, 0) is 11.2 Å². The summed E-state index contributed by atoms with van der Waals surface area (Å²) in [6.45, 7) is 0.808. The molecule has 1 aliphatic carbocycles. The van der Waals surface area contributed by atoms with Crippen LogP contribution in [0.25, 0.3) is 0 Å². The molecule has 0 radical (unpaired) electrons. The van der Waals surface area contributed by atoms with E-state index in [0.717, 1.165) is 16.9 Å². The Labute approximate surface area is 121 Å². The van der Waals surface area contributed by atoms with E-state index in [1.165, 1.54) is 0 Å². The lowest BCUT2D eigenvalue weighted by Crippen LogP contribution is -2.39. The highest BCUT2D eigenvalue weighted by Crippen LogP contribution is 2.46. The lowest BCUT2D eigenvalue weighted by Gasteiger charge is -2.25. The molecular weight excluding hydrogens is 281 g/mol. The number of nitrogens with one attached hydrogen (secondary N) is 1. The van der Waals surface area contributed by atoms with Gasteiger partial charge in [0.05, 0.1) is 0 Å². The smallest absolute Gasteiger partial charge is 0.312 e. The molecule has 1 N–H and O–H groups in total. The van der Waals surface area contributed by atoms with Gasteiger partial charge < -0.3 is 4.90 Å². The van der Waals surface area contributed by atoms with Crippen LogP contribution < -0.4 is 5.32 Å². The van der Waals surface area contributed by atoms with Crippen LogP contribution >= 0.6 is 0 Å². The summed E-state index contributed by atoms with van der Waals surface area (Å²) in [5.41, 5.74) is 1.07. The first-order valence-electron chi connectivity index (χ1n) is 7.09. The Morgan fingerprint density at radius 1 is 1.29 bits per heavy atom. The van der Waals surface area contributed by atoms with Crippen molar-refractivity contribution in [2.75, 3.05) is 6.54 Å². The molecule has 1 heterocycles. The number of rotatable bonds is 3. The van der Waals surface area contributed by atoms with E-state index in [2.05, 4.69) is 5.32 Å². The normalized spacial score (nSPS) is 23.9. The molecule has 1 aromatic rings. The molecule has 1 amide bonds. The third-order valence-electron chi connectivity index (χ3n) is 4.20. The number of alkyl halides is 3. The number of halogens is 3. The topological polar surface area (TPSA) is 32.3 Å². The first-order valence-corrected chi connectivity index (χ1v) is 7.09. The van der Waals surface area contributed by atoms with Crippen LogP contribution in [0.5, 0.6) is 0 Å². The van der Waals surface area contributed by atoms with Crippen LogP contribution in [0.15, 0.2) is 24.3 Å². The molecule has 0 bridgehead atoms. The Morgan fingerprint density at radius 2 is 1.90 bits per heavy atom. The monoisotopic (exact) mass is 298 g/mol. The number of nitrogens with zero attached hydrogens (tertiary/aromatic N) is 1. The molecule has 3 nitrogen and oxygen atoms in total. The van der Waals surface area contributed by atoms with Crippen molar-refractivity contribution in [3.05, 3.63) is 35.4 Å². The fourth-order valence-corrected chi connectivity index (χ4v) is 2.83. The van der Waals surface area contributed by atoms with Crippen molar-refractivity contribution in [3.8, 4) is 0 Å². The minimum atomic E-state index is -4.39. The van der Waals surface area contributed by atoms with Gasteiger partial charge in [0.2, 0.25) is 5.91 Å². The lowest BCUT2D eigenvalue weighted by atomic mass is 10.1.